The van der Waals surface area contributed by atoms with Gasteiger partial charge in [-0.15, -0.1) is 0 Å². The van der Waals surface area contributed by atoms with Crippen molar-refractivity contribution in [1.82, 2.24) is 4.90 Å². The molecule has 20 heavy (non-hydrogen) atoms. The van der Waals surface area contributed by atoms with Crippen molar-refractivity contribution in [2.75, 3.05) is 38.7 Å². The molecule has 0 aromatic heterocycles. The highest BCUT2D eigenvalue weighted by Crippen LogP contribution is 2.21. The average molecular weight is 276 g/mol. The molecule has 1 atom stereocenters. The summed E-state index contributed by atoms with van der Waals surface area (Å²) in [7, 11) is 3.97. The molecule has 2 rings (SSSR count). The van der Waals surface area contributed by atoms with Crippen LogP contribution in [0.2, 0.25) is 0 Å². The molecule has 1 aromatic rings. The summed E-state index contributed by atoms with van der Waals surface area (Å²) in [6.07, 6.45) is 2.94. The van der Waals surface area contributed by atoms with Crippen molar-refractivity contribution >= 4 is 11.6 Å². The second kappa shape index (κ2) is 6.75. The molecule has 0 bridgehead atoms. The van der Waals surface area contributed by atoms with Crippen LogP contribution >= 0.6 is 0 Å². The summed E-state index contributed by atoms with van der Waals surface area (Å²) < 4.78 is 0. The van der Waals surface area contributed by atoms with Gasteiger partial charge >= 0.3 is 0 Å². The van der Waals surface area contributed by atoms with Crippen LogP contribution in [0.15, 0.2) is 24.3 Å². The van der Waals surface area contributed by atoms with Gasteiger partial charge < -0.3 is 14.9 Å². The topological polar surface area (TPSA) is 43.8 Å². The number of carbonyl (C=O) groups is 1. The first-order valence-electron chi connectivity index (χ1n) is 7.29. The lowest BCUT2D eigenvalue weighted by molar-refractivity contribution is 0.0653. The van der Waals surface area contributed by atoms with Crippen LogP contribution < -0.4 is 4.90 Å². The van der Waals surface area contributed by atoms with Crippen molar-refractivity contribution in [3.05, 3.63) is 29.8 Å². The van der Waals surface area contributed by atoms with Crippen molar-refractivity contribution in [2.24, 2.45) is 5.92 Å². The van der Waals surface area contributed by atoms with E-state index in [1.807, 2.05) is 48.2 Å². The van der Waals surface area contributed by atoms with Crippen molar-refractivity contribution in [3.8, 4) is 0 Å². The van der Waals surface area contributed by atoms with E-state index in [-0.39, 0.29) is 12.5 Å². The van der Waals surface area contributed by atoms with Crippen LogP contribution in [0.3, 0.4) is 0 Å². The molecular weight excluding hydrogens is 252 g/mol. The Kier molecular flexibility index (Phi) is 5.01. The molecule has 0 radical (unpaired) electrons. The molecule has 1 heterocycles. The molecule has 1 aliphatic rings. The lowest BCUT2D eigenvalue weighted by atomic mass is 9.94. The summed E-state index contributed by atoms with van der Waals surface area (Å²) in [5, 5.41) is 9.03. The monoisotopic (exact) mass is 276 g/mol. The van der Waals surface area contributed by atoms with Crippen LogP contribution in [0.25, 0.3) is 0 Å². The van der Waals surface area contributed by atoms with E-state index >= 15 is 0 Å². The standard InChI is InChI=1S/C16H24N2O2/c1-17(2)15-7-5-14(6-8-15)16(20)18-10-3-4-13(12-18)9-11-19/h5-8,13,19H,3-4,9-12H2,1-2H3. The van der Waals surface area contributed by atoms with Crippen LogP contribution in [0.5, 0.6) is 0 Å². The molecule has 110 valence electrons. The van der Waals surface area contributed by atoms with Gasteiger partial charge in [-0.2, -0.15) is 0 Å². The maximum Gasteiger partial charge on any atom is 0.253 e. The van der Waals surface area contributed by atoms with Crippen molar-refractivity contribution in [1.29, 1.82) is 0 Å². The fourth-order valence-corrected chi connectivity index (χ4v) is 2.75. The van der Waals surface area contributed by atoms with Gasteiger partial charge in [0.15, 0.2) is 0 Å². The van der Waals surface area contributed by atoms with Gasteiger partial charge in [0.1, 0.15) is 0 Å². The SMILES string of the molecule is CN(C)c1ccc(C(=O)N2CCCC(CCO)C2)cc1. The largest absolute Gasteiger partial charge is 0.396 e. The van der Waals surface area contributed by atoms with Gasteiger partial charge in [-0.25, -0.2) is 0 Å². The Bertz CT molecular complexity index is 440. The summed E-state index contributed by atoms with van der Waals surface area (Å²) in [4.78, 5) is 16.4. The second-order valence-corrected chi connectivity index (χ2v) is 5.71. The molecule has 1 aliphatic heterocycles. The maximum atomic E-state index is 12.5. The van der Waals surface area contributed by atoms with E-state index in [9.17, 15) is 4.79 Å². The Morgan fingerprint density at radius 1 is 1.35 bits per heavy atom. The van der Waals surface area contributed by atoms with Gasteiger partial charge in [0, 0.05) is 45.0 Å². The second-order valence-electron chi connectivity index (χ2n) is 5.71. The lowest BCUT2D eigenvalue weighted by Gasteiger charge is -2.32. The first-order chi connectivity index (χ1) is 9.61. The zero-order chi connectivity index (χ0) is 14.5. The highest BCUT2D eigenvalue weighted by molar-refractivity contribution is 5.94. The number of carbonyl (C=O) groups excluding carboxylic acids is 1. The number of amides is 1. The van der Waals surface area contributed by atoms with Crippen LogP contribution in [0.4, 0.5) is 5.69 Å². The smallest absolute Gasteiger partial charge is 0.253 e. The fourth-order valence-electron chi connectivity index (χ4n) is 2.75. The third kappa shape index (κ3) is 3.51. The van der Waals surface area contributed by atoms with Crippen molar-refractivity contribution in [3.63, 3.8) is 0 Å². The average Bonchev–Trinajstić information content (AvgIpc) is 2.47. The van der Waals surface area contributed by atoms with E-state index in [4.69, 9.17) is 5.11 Å². The third-order valence-electron chi connectivity index (χ3n) is 3.97. The number of nitrogens with zero attached hydrogens (tertiary/aromatic N) is 2. The van der Waals surface area contributed by atoms with E-state index in [0.717, 1.165) is 43.6 Å². The van der Waals surface area contributed by atoms with Crippen molar-refractivity contribution < 1.29 is 9.90 Å². The van der Waals surface area contributed by atoms with Gasteiger partial charge in [-0.05, 0) is 49.4 Å². The highest BCUT2D eigenvalue weighted by Gasteiger charge is 2.24. The quantitative estimate of drug-likeness (QED) is 0.914. The van der Waals surface area contributed by atoms with Crippen LogP contribution in [-0.2, 0) is 0 Å². The molecule has 1 saturated heterocycles. The number of rotatable bonds is 4. The van der Waals surface area contributed by atoms with E-state index in [0.29, 0.717) is 5.92 Å². The van der Waals surface area contributed by atoms with E-state index in [1.165, 1.54) is 0 Å². The molecule has 1 fully saturated rings. The Balaban J connectivity index is 2.02. The first kappa shape index (κ1) is 14.9. The van der Waals surface area contributed by atoms with Crippen LogP contribution in [0.1, 0.15) is 29.6 Å². The minimum Gasteiger partial charge on any atom is -0.396 e. The van der Waals surface area contributed by atoms with Gasteiger partial charge in [0.2, 0.25) is 0 Å². The van der Waals surface area contributed by atoms with Crippen molar-refractivity contribution in [2.45, 2.75) is 19.3 Å². The number of likely N-dealkylation sites (tertiary alicyclic amines) is 1. The molecular formula is C16H24N2O2. The van der Waals surface area contributed by atoms with E-state index in [2.05, 4.69) is 0 Å². The maximum absolute atomic E-state index is 12.5. The Hall–Kier alpha value is -1.55. The minimum atomic E-state index is 0.109. The third-order valence-corrected chi connectivity index (χ3v) is 3.97. The predicted molar refractivity (Wildman–Crippen MR) is 81.1 cm³/mol. The highest BCUT2D eigenvalue weighted by atomic mass is 16.3. The molecule has 0 aliphatic carbocycles. The molecule has 4 heteroatoms. The van der Waals surface area contributed by atoms with E-state index in [1.54, 1.807) is 0 Å². The number of hydrogen-bond acceptors (Lipinski definition) is 3. The number of anilines is 1. The molecule has 4 nitrogen and oxygen atoms in total. The summed E-state index contributed by atoms with van der Waals surface area (Å²) in [5.74, 6) is 0.552. The fraction of sp³-hybridized carbons (Fsp3) is 0.562. The lowest BCUT2D eigenvalue weighted by Crippen LogP contribution is -2.40. The van der Waals surface area contributed by atoms with Gasteiger partial charge in [0.25, 0.3) is 5.91 Å². The first-order valence-corrected chi connectivity index (χ1v) is 7.29. The zero-order valence-electron chi connectivity index (χ0n) is 12.4. The minimum absolute atomic E-state index is 0.109. The van der Waals surface area contributed by atoms with E-state index < -0.39 is 0 Å². The Labute approximate surface area is 121 Å². The number of piperidine rings is 1. The molecule has 1 N–H and O–H groups in total. The molecule has 0 spiro atoms. The number of benzene rings is 1. The number of hydrogen-bond donors (Lipinski definition) is 1. The number of aliphatic hydroxyl groups is 1. The molecule has 0 saturated carbocycles. The summed E-state index contributed by atoms with van der Waals surface area (Å²) in [5.41, 5.74) is 1.85. The normalized spacial score (nSPS) is 18.9. The summed E-state index contributed by atoms with van der Waals surface area (Å²) in [6.45, 7) is 1.81. The Morgan fingerprint density at radius 3 is 2.65 bits per heavy atom. The van der Waals surface area contributed by atoms with Crippen LogP contribution in [-0.4, -0.2) is 49.7 Å². The Morgan fingerprint density at radius 2 is 2.05 bits per heavy atom. The van der Waals surface area contributed by atoms with Gasteiger partial charge in [0.05, 0.1) is 0 Å². The molecule has 1 unspecified atom stereocenters. The van der Waals surface area contributed by atoms with Crippen LogP contribution in [0, 0.1) is 5.92 Å². The van der Waals surface area contributed by atoms with Gasteiger partial charge in [-0.3, -0.25) is 4.79 Å². The van der Waals surface area contributed by atoms with Gasteiger partial charge in [-0.1, -0.05) is 0 Å². The summed E-state index contributed by atoms with van der Waals surface area (Å²) in [6, 6.07) is 7.74. The zero-order valence-corrected chi connectivity index (χ0v) is 12.4. The predicted octanol–water partition coefficient (Wildman–Crippen LogP) is 1.99. The molecule has 1 amide bonds. The summed E-state index contributed by atoms with van der Waals surface area (Å²) >= 11 is 0. The molecule has 1 aromatic carbocycles. The number of aliphatic hydroxyl groups excluding tert-OH is 1.